The van der Waals surface area contributed by atoms with Gasteiger partial charge in [-0.25, -0.2) is 17.9 Å². The van der Waals surface area contributed by atoms with Gasteiger partial charge in [0.1, 0.15) is 5.56 Å². The molecular formula is C11H19N3O5S. The zero-order valence-electron chi connectivity index (χ0n) is 11.2. The predicted octanol–water partition coefficient (Wildman–Crippen LogP) is 0.185. The normalized spacial score (nSPS) is 13.3. The van der Waals surface area contributed by atoms with E-state index in [-0.39, 0.29) is 19.1 Å². The van der Waals surface area contributed by atoms with Crippen molar-refractivity contribution in [2.24, 2.45) is 5.92 Å². The number of carboxylic acids is 1. The van der Waals surface area contributed by atoms with Gasteiger partial charge in [0.05, 0.1) is 6.20 Å². The number of sulfonamides is 1. The number of carboxylic acid groups (broad SMARTS) is 1. The van der Waals surface area contributed by atoms with Crippen molar-refractivity contribution in [3.05, 3.63) is 11.8 Å². The largest absolute Gasteiger partial charge is 0.478 e. The lowest BCUT2D eigenvalue weighted by Crippen LogP contribution is -2.31. The van der Waals surface area contributed by atoms with E-state index in [1.165, 1.54) is 0 Å². The van der Waals surface area contributed by atoms with Crippen molar-refractivity contribution in [2.45, 2.75) is 31.2 Å². The predicted molar refractivity (Wildman–Crippen MR) is 70.8 cm³/mol. The molecule has 0 radical (unpaired) electrons. The molecule has 0 saturated carbocycles. The highest BCUT2D eigenvalue weighted by Crippen LogP contribution is 2.14. The molecule has 1 heterocycles. The number of aliphatic hydroxyl groups is 1. The molecule has 0 aliphatic carbocycles. The number of aliphatic hydroxyl groups excluding tert-OH is 1. The Morgan fingerprint density at radius 3 is 2.75 bits per heavy atom. The maximum absolute atomic E-state index is 12.0. The topological polar surface area (TPSA) is 132 Å². The molecule has 114 valence electrons. The standard InChI is InChI=1S/C11H19N3O5S/c1-2-3-8(4-5-15)6-13-20(18,19)10-9(11(16)17)7-12-14-10/h7-8,13,15H,2-6H2,1H3,(H,12,14)(H,16,17). The van der Waals surface area contributed by atoms with E-state index in [0.29, 0.717) is 6.42 Å². The van der Waals surface area contributed by atoms with E-state index < -0.39 is 26.6 Å². The highest BCUT2D eigenvalue weighted by molar-refractivity contribution is 7.89. The molecule has 0 saturated heterocycles. The van der Waals surface area contributed by atoms with Crippen LogP contribution >= 0.6 is 0 Å². The number of rotatable bonds is 9. The van der Waals surface area contributed by atoms with Crippen molar-refractivity contribution in [2.75, 3.05) is 13.2 Å². The molecule has 1 rings (SSSR count). The summed E-state index contributed by atoms with van der Waals surface area (Å²) >= 11 is 0. The van der Waals surface area contributed by atoms with Crippen LogP contribution in [0.5, 0.6) is 0 Å². The lowest BCUT2D eigenvalue weighted by molar-refractivity contribution is 0.0692. The Kier molecular flexibility index (Phi) is 6.11. The van der Waals surface area contributed by atoms with Gasteiger partial charge in [-0.2, -0.15) is 5.10 Å². The number of aromatic nitrogens is 2. The van der Waals surface area contributed by atoms with E-state index in [9.17, 15) is 13.2 Å². The van der Waals surface area contributed by atoms with E-state index in [1.807, 2.05) is 6.92 Å². The highest BCUT2D eigenvalue weighted by atomic mass is 32.2. The summed E-state index contributed by atoms with van der Waals surface area (Å²) in [5, 5.41) is 23.0. The maximum Gasteiger partial charge on any atom is 0.340 e. The van der Waals surface area contributed by atoms with Gasteiger partial charge in [-0.15, -0.1) is 0 Å². The first kappa shape index (κ1) is 16.6. The number of hydrogen-bond donors (Lipinski definition) is 4. The second-order valence-electron chi connectivity index (χ2n) is 4.44. The van der Waals surface area contributed by atoms with E-state index >= 15 is 0 Å². The number of carbonyl (C=O) groups is 1. The van der Waals surface area contributed by atoms with Gasteiger partial charge < -0.3 is 10.2 Å². The molecule has 0 spiro atoms. The summed E-state index contributed by atoms with van der Waals surface area (Å²) in [6.07, 6.45) is 3.09. The van der Waals surface area contributed by atoms with Gasteiger partial charge in [0.2, 0.25) is 0 Å². The molecule has 0 aliphatic rings. The van der Waals surface area contributed by atoms with Gasteiger partial charge in [0.15, 0.2) is 5.03 Å². The number of hydrogen-bond acceptors (Lipinski definition) is 5. The molecule has 1 aromatic rings. The Morgan fingerprint density at radius 1 is 1.50 bits per heavy atom. The van der Waals surface area contributed by atoms with Gasteiger partial charge >= 0.3 is 5.97 Å². The fourth-order valence-corrected chi connectivity index (χ4v) is 3.07. The van der Waals surface area contributed by atoms with Crippen molar-refractivity contribution in [3.63, 3.8) is 0 Å². The van der Waals surface area contributed by atoms with Crippen molar-refractivity contribution in [1.29, 1.82) is 0 Å². The van der Waals surface area contributed by atoms with Crippen LogP contribution in [0.3, 0.4) is 0 Å². The molecule has 1 unspecified atom stereocenters. The summed E-state index contributed by atoms with van der Waals surface area (Å²) < 4.78 is 26.4. The number of aromatic carboxylic acids is 1. The molecule has 8 nitrogen and oxygen atoms in total. The van der Waals surface area contributed by atoms with Gasteiger partial charge in [-0.1, -0.05) is 13.3 Å². The van der Waals surface area contributed by atoms with Crippen molar-refractivity contribution in [1.82, 2.24) is 14.9 Å². The van der Waals surface area contributed by atoms with Gasteiger partial charge in [-0.3, -0.25) is 5.10 Å². The second-order valence-corrected chi connectivity index (χ2v) is 6.14. The van der Waals surface area contributed by atoms with Gasteiger partial charge in [0, 0.05) is 13.2 Å². The Morgan fingerprint density at radius 2 is 2.20 bits per heavy atom. The minimum atomic E-state index is -3.95. The number of nitrogens with one attached hydrogen (secondary N) is 2. The van der Waals surface area contributed by atoms with Crippen LogP contribution in [-0.2, 0) is 10.0 Å². The third kappa shape index (κ3) is 4.29. The minimum absolute atomic E-state index is 0.0102. The molecule has 0 fully saturated rings. The van der Waals surface area contributed by atoms with Crippen molar-refractivity contribution >= 4 is 16.0 Å². The van der Waals surface area contributed by atoms with E-state index in [4.69, 9.17) is 10.2 Å². The fourth-order valence-electron chi connectivity index (χ4n) is 1.87. The number of aromatic amines is 1. The monoisotopic (exact) mass is 305 g/mol. The molecular weight excluding hydrogens is 286 g/mol. The Labute approximate surface area is 117 Å². The van der Waals surface area contributed by atoms with Crippen LogP contribution in [0.4, 0.5) is 0 Å². The van der Waals surface area contributed by atoms with Gasteiger partial charge in [0.25, 0.3) is 10.0 Å². The first-order valence-corrected chi connectivity index (χ1v) is 7.77. The van der Waals surface area contributed by atoms with E-state index in [1.54, 1.807) is 0 Å². The molecule has 0 amide bonds. The summed E-state index contributed by atoms with van der Waals surface area (Å²) in [6.45, 7) is 2.10. The molecule has 9 heteroatoms. The molecule has 20 heavy (non-hydrogen) atoms. The minimum Gasteiger partial charge on any atom is -0.478 e. The average molecular weight is 305 g/mol. The van der Waals surface area contributed by atoms with Crippen LogP contribution in [-0.4, -0.2) is 47.9 Å². The van der Waals surface area contributed by atoms with Crippen LogP contribution < -0.4 is 4.72 Å². The molecule has 0 aromatic carbocycles. The average Bonchev–Trinajstić information content (AvgIpc) is 2.87. The summed E-state index contributed by atoms with van der Waals surface area (Å²) in [5.74, 6) is -1.35. The van der Waals surface area contributed by atoms with Crippen molar-refractivity contribution < 1.29 is 23.4 Å². The Hall–Kier alpha value is -1.45. The molecule has 1 aromatic heterocycles. The van der Waals surface area contributed by atoms with Crippen LogP contribution in [0.15, 0.2) is 11.2 Å². The maximum atomic E-state index is 12.0. The van der Waals surface area contributed by atoms with E-state index in [2.05, 4.69) is 14.9 Å². The number of H-pyrrole nitrogens is 1. The Bertz CT molecular complexity index is 534. The summed E-state index contributed by atoms with van der Waals surface area (Å²) in [5.41, 5.74) is -0.397. The lowest BCUT2D eigenvalue weighted by Gasteiger charge is -2.15. The molecule has 4 N–H and O–H groups in total. The van der Waals surface area contributed by atoms with Crippen molar-refractivity contribution in [3.8, 4) is 0 Å². The molecule has 1 atom stereocenters. The van der Waals surface area contributed by atoms with Crippen LogP contribution in [0.2, 0.25) is 0 Å². The molecule has 0 bridgehead atoms. The fraction of sp³-hybridized carbons (Fsp3) is 0.636. The smallest absolute Gasteiger partial charge is 0.340 e. The quantitative estimate of drug-likeness (QED) is 0.514. The van der Waals surface area contributed by atoms with E-state index in [0.717, 1.165) is 19.0 Å². The first-order valence-electron chi connectivity index (χ1n) is 6.29. The number of nitrogens with zero attached hydrogens (tertiary/aromatic N) is 1. The summed E-state index contributed by atoms with van der Waals surface area (Å²) in [6, 6.07) is 0. The second kappa shape index (κ2) is 7.36. The van der Waals surface area contributed by atoms with Crippen LogP contribution in [0.1, 0.15) is 36.5 Å². The first-order chi connectivity index (χ1) is 9.42. The zero-order chi connectivity index (χ0) is 15.2. The van der Waals surface area contributed by atoms with Crippen LogP contribution in [0, 0.1) is 5.92 Å². The summed E-state index contributed by atoms with van der Waals surface area (Å²) in [4.78, 5) is 10.9. The Balaban J connectivity index is 2.79. The molecule has 0 aliphatic heterocycles. The third-order valence-electron chi connectivity index (χ3n) is 2.90. The zero-order valence-corrected chi connectivity index (χ0v) is 12.0. The SMILES string of the molecule is CCCC(CCO)CNS(=O)(=O)c1[nH]ncc1C(=O)O. The third-order valence-corrected chi connectivity index (χ3v) is 4.30. The lowest BCUT2D eigenvalue weighted by atomic mass is 10.0. The van der Waals surface area contributed by atoms with Gasteiger partial charge in [-0.05, 0) is 18.8 Å². The highest BCUT2D eigenvalue weighted by Gasteiger charge is 2.25. The van der Waals surface area contributed by atoms with Crippen LogP contribution in [0.25, 0.3) is 0 Å². The summed E-state index contributed by atoms with van der Waals surface area (Å²) in [7, 11) is -3.95.